The number of hydrazone groups is 1. The summed E-state index contributed by atoms with van der Waals surface area (Å²) in [5.74, 6) is 0.251. The van der Waals surface area contributed by atoms with Crippen LogP contribution in [0.2, 0.25) is 5.02 Å². The Labute approximate surface area is 168 Å². The molecule has 0 heterocycles. The molecule has 3 aromatic carbocycles. The van der Waals surface area contributed by atoms with Crippen LogP contribution in [0.15, 0.2) is 59.7 Å². The molecule has 0 aliphatic rings. The number of aromatic hydroxyl groups is 1. The molecule has 0 aromatic heterocycles. The predicted molar refractivity (Wildman–Crippen MR) is 111 cm³/mol. The van der Waals surface area contributed by atoms with Crippen molar-refractivity contribution in [1.29, 1.82) is 0 Å². The van der Waals surface area contributed by atoms with Crippen LogP contribution >= 0.6 is 34.2 Å². The fraction of sp³-hybridized carbons (Fsp3) is 0.0526. The minimum absolute atomic E-state index is 0.0914. The van der Waals surface area contributed by atoms with Crippen LogP contribution in [0.5, 0.6) is 11.5 Å². The van der Waals surface area contributed by atoms with Gasteiger partial charge in [-0.05, 0) is 57.6 Å². The summed E-state index contributed by atoms with van der Waals surface area (Å²) in [5, 5.41) is 16.4. The first-order valence-corrected chi connectivity index (χ1v) is 9.11. The SMILES string of the molecule is O=C(COc1ccc(Cl)cc1I)NN=Cc1c(O)ccc2ccccc12. The lowest BCUT2D eigenvalue weighted by Crippen LogP contribution is -2.24. The number of fused-ring (bicyclic) bond motifs is 1. The summed E-state index contributed by atoms with van der Waals surface area (Å²) >= 11 is 7.96. The van der Waals surface area contributed by atoms with E-state index < -0.39 is 5.91 Å². The number of nitrogens with one attached hydrogen (secondary N) is 1. The maximum absolute atomic E-state index is 11.9. The van der Waals surface area contributed by atoms with E-state index in [1.165, 1.54) is 6.21 Å². The van der Waals surface area contributed by atoms with Crippen molar-refractivity contribution in [2.45, 2.75) is 0 Å². The van der Waals surface area contributed by atoms with Gasteiger partial charge in [-0.3, -0.25) is 4.79 Å². The molecule has 0 spiro atoms. The van der Waals surface area contributed by atoms with Crippen LogP contribution < -0.4 is 10.2 Å². The van der Waals surface area contributed by atoms with Gasteiger partial charge >= 0.3 is 0 Å². The lowest BCUT2D eigenvalue weighted by molar-refractivity contribution is -0.123. The molecule has 132 valence electrons. The van der Waals surface area contributed by atoms with Gasteiger partial charge in [-0.2, -0.15) is 5.10 Å². The monoisotopic (exact) mass is 480 g/mol. The van der Waals surface area contributed by atoms with Crippen LogP contribution in [0.3, 0.4) is 0 Å². The average Bonchev–Trinajstić information content (AvgIpc) is 2.63. The van der Waals surface area contributed by atoms with E-state index in [1.807, 2.05) is 30.3 Å². The second-order valence-electron chi connectivity index (χ2n) is 5.38. The molecule has 26 heavy (non-hydrogen) atoms. The molecule has 0 unspecified atom stereocenters. The molecule has 5 nitrogen and oxygen atoms in total. The van der Waals surface area contributed by atoms with Crippen LogP contribution in [-0.4, -0.2) is 23.8 Å². The van der Waals surface area contributed by atoms with Crippen LogP contribution in [0, 0.1) is 3.57 Å². The Balaban J connectivity index is 1.64. The minimum atomic E-state index is -0.410. The Bertz CT molecular complexity index is 992. The first-order chi connectivity index (χ1) is 12.5. The second kappa shape index (κ2) is 8.37. The molecule has 0 saturated carbocycles. The molecular weight excluding hydrogens is 467 g/mol. The Kier molecular flexibility index (Phi) is 5.95. The number of phenols is 1. The number of phenolic OH excluding ortho intramolecular Hbond substituents is 1. The van der Waals surface area contributed by atoms with Gasteiger partial charge in [0, 0.05) is 10.6 Å². The van der Waals surface area contributed by atoms with Gasteiger partial charge in [-0.15, -0.1) is 0 Å². The molecule has 3 aromatic rings. The zero-order valence-corrected chi connectivity index (χ0v) is 16.4. The first-order valence-electron chi connectivity index (χ1n) is 7.65. The highest BCUT2D eigenvalue weighted by molar-refractivity contribution is 14.1. The number of carbonyl (C=O) groups excluding carboxylic acids is 1. The molecule has 1 amide bonds. The zero-order valence-electron chi connectivity index (χ0n) is 13.4. The van der Waals surface area contributed by atoms with Crippen molar-refractivity contribution in [1.82, 2.24) is 5.43 Å². The third kappa shape index (κ3) is 4.44. The number of halogens is 2. The zero-order chi connectivity index (χ0) is 18.5. The quantitative estimate of drug-likeness (QED) is 0.324. The number of hydrogen-bond donors (Lipinski definition) is 2. The van der Waals surface area contributed by atoms with Crippen LogP contribution in [0.4, 0.5) is 0 Å². The smallest absolute Gasteiger partial charge is 0.277 e. The van der Waals surface area contributed by atoms with Crippen molar-refractivity contribution < 1.29 is 14.6 Å². The van der Waals surface area contributed by atoms with Gasteiger partial charge in [0.1, 0.15) is 11.5 Å². The van der Waals surface area contributed by atoms with Crippen molar-refractivity contribution in [2.24, 2.45) is 5.10 Å². The molecule has 0 atom stereocenters. The molecular formula is C19H14ClIN2O3. The van der Waals surface area contributed by atoms with Crippen molar-refractivity contribution in [3.8, 4) is 11.5 Å². The van der Waals surface area contributed by atoms with E-state index in [2.05, 4.69) is 33.1 Å². The highest BCUT2D eigenvalue weighted by atomic mass is 127. The standard InChI is InChI=1S/C19H14ClIN2O3/c20-13-6-8-18(16(21)9-13)26-11-19(25)23-22-10-15-14-4-2-1-3-12(14)5-7-17(15)24/h1-10,24H,11H2,(H,23,25). The van der Waals surface area contributed by atoms with Crippen LogP contribution in [-0.2, 0) is 4.79 Å². The van der Waals surface area contributed by atoms with Crippen molar-refractivity contribution >= 4 is 57.1 Å². The van der Waals surface area contributed by atoms with E-state index in [0.717, 1.165) is 14.3 Å². The molecule has 0 bridgehead atoms. The van der Waals surface area contributed by atoms with Gasteiger partial charge in [-0.25, -0.2) is 5.43 Å². The van der Waals surface area contributed by atoms with Gasteiger partial charge in [0.25, 0.3) is 5.91 Å². The fourth-order valence-electron chi connectivity index (χ4n) is 2.36. The summed E-state index contributed by atoms with van der Waals surface area (Å²) in [6, 6.07) is 16.2. The number of ether oxygens (including phenoxy) is 1. The van der Waals surface area contributed by atoms with Gasteiger partial charge in [0.2, 0.25) is 0 Å². The second-order valence-corrected chi connectivity index (χ2v) is 6.97. The summed E-state index contributed by atoms with van der Waals surface area (Å²) in [6.07, 6.45) is 1.42. The molecule has 0 saturated heterocycles. The normalized spacial score (nSPS) is 11.0. The molecule has 0 aliphatic carbocycles. The molecule has 0 fully saturated rings. The highest BCUT2D eigenvalue weighted by Crippen LogP contribution is 2.25. The van der Waals surface area contributed by atoms with E-state index in [4.69, 9.17) is 16.3 Å². The van der Waals surface area contributed by atoms with Gasteiger partial charge in [-0.1, -0.05) is 41.9 Å². The van der Waals surface area contributed by atoms with E-state index in [-0.39, 0.29) is 12.4 Å². The molecule has 2 N–H and O–H groups in total. The largest absolute Gasteiger partial charge is 0.507 e. The van der Waals surface area contributed by atoms with Crippen molar-refractivity contribution in [2.75, 3.05) is 6.61 Å². The molecule has 3 rings (SSSR count). The number of nitrogens with zero attached hydrogens (tertiary/aromatic N) is 1. The number of carbonyl (C=O) groups is 1. The summed E-state index contributed by atoms with van der Waals surface area (Å²) in [4.78, 5) is 11.9. The molecule has 7 heteroatoms. The van der Waals surface area contributed by atoms with E-state index in [1.54, 1.807) is 24.3 Å². The Morgan fingerprint density at radius 1 is 1.23 bits per heavy atom. The van der Waals surface area contributed by atoms with Gasteiger partial charge in [0.05, 0.1) is 9.78 Å². The lowest BCUT2D eigenvalue weighted by Gasteiger charge is -2.07. The molecule has 0 radical (unpaired) electrons. The van der Waals surface area contributed by atoms with Crippen molar-refractivity contribution in [3.05, 3.63) is 68.8 Å². The Hall–Kier alpha value is -2.32. The number of benzene rings is 3. The minimum Gasteiger partial charge on any atom is -0.507 e. The summed E-state index contributed by atoms with van der Waals surface area (Å²) in [5.41, 5.74) is 2.93. The first kappa shape index (κ1) is 18.5. The third-order valence-electron chi connectivity index (χ3n) is 3.58. The van der Waals surface area contributed by atoms with Crippen molar-refractivity contribution in [3.63, 3.8) is 0 Å². The highest BCUT2D eigenvalue weighted by Gasteiger charge is 2.07. The number of rotatable bonds is 5. The third-order valence-corrected chi connectivity index (χ3v) is 4.66. The maximum atomic E-state index is 11.9. The Morgan fingerprint density at radius 2 is 2.04 bits per heavy atom. The Morgan fingerprint density at radius 3 is 2.85 bits per heavy atom. The average molecular weight is 481 g/mol. The fourth-order valence-corrected chi connectivity index (χ4v) is 3.38. The topological polar surface area (TPSA) is 70.9 Å². The van der Waals surface area contributed by atoms with E-state index >= 15 is 0 Å². The van der Waals surface area contributed by atoms with Crippen LogP contribution in [0.25, 0.3) is 10.8 Å². The van der Waals surface area contributed by atoms with Gasteiger partial charge in [0.15, 0.2) is 6.61 Å². The predicted octanol–water partition coefficient (Wildman–Crippen LogP) is 4.33. The summed E-state index contributed by atoms with van der Waals surface area (Å²) in [7, 11) is 0. The van der Waals surface area contributed by atoms with Gasteiger partial charge < -0.3 is 9.84 Å². The maximum Gasteiger partial charge on any atom is 0.277 e. The number of hydrogen-bond acceptors (Lipinski definition) is 4. The summed E-state index contributed by atoms with van der Waals surface area (Å²) in [6.45, 7) is -0.184. The van der Waals surface area contributed by atoms with E-state index in [9.17, 15) is 9.90 Å². The lowest BCUT2D eigenvalue weighted by atomic mass is 10.0. The van der Waals surface area contributed by atoms with Crippen LogP contribution in [0.1, 0.15) is 5.56 Å². The molecule has 0 aliphatic heterocycles. The number of amides is 1. The summed E-state index contributed by atoms with van der Waals surface area (Å²) < 4.78 is 6.26. The van der Waals surface area contributed by atoms with E-state index in [0.29, 0.717) is 16.3 Å².